The molecular weight excluding hydrogens is 364 g/mol. The van der Waals surface area contributed by atoms with E-state index in [1.807, 2.05) is 11.3 Å². The fraction of sp³-hybridized carbons (Fsp3) is 0.235. The van der Waals surface area contributed by atoms with E-state index in [-0.39, 0.29) is 0 Å². The molecule has 1 aromatic rings. The van der Waals surface area contributed by atoms with Gasteiger partial charge in [-0.15, -0.1) is 21.6 Å². The highest BCUT2D eigenvalue weighted by atomic mass is 35.7. The number of benzene rings is 2. The number of hydrogen-bond donors (Lipinski definition) is 0. The lowest BCUT2D eigenvalue weighted by Crippen LogP contribution is -2.68. The Hall–Kier alpha value is -1.74. The number of anilines is 1. The lowest BCUT2D eigenvalue weighted by Gasteiger charge is -2.17. The highest BCUT2D eigenvalue weighted by Crippen LogP contribution is 2.33. The van der Waals surface area contributed by atoms with Crippen LogP contribution in [0.3, 0.4) is 0 Å². The van der Waals surface area contributed by atoms with E-state index in [4.69, 9.17) is 18.6 Å². The van der Waals surface area contributed by atoms with Crippen molar-refractivity contribution in [1.82, 2.24) is 4.58 Å². The van der Waals surface area contributed by atoms with Crippen LogP contribution in [0.2, 0.25) is 0 Å². The highest BCUT2D eigenvalue weighted by molar-refractivity contribution is 7.21. The Kier molecular flexibility index (Phi) is 5.99. The predicted molar refractivity (Wildman–Crippen MR) is 89.9 cm³/mol. The zero-order chi connectivity index (χ0) is 18.8. The standard InChI is InChI=1S/C17H19N2S.ClHO4/c1-18(2)14-7-5-12-9-13-6-8-15(19(3)4)11-17(13)20-16(12)10-14;2-1(3,4)5/h5-11H,1-4H3;(H,2,3,4,5)/q+1;/p-1. The molecule has 8 heteroatoms. The minimum atomic E-state index is -4.94. The van der Waals surface area contributed by atoms with Gasteiger partial charge in [0, 0.05) is 41.5 Å². The Morgan fingerprint density at radius 1 is 0.920 bits per heavy atom. The molecule has 1 heterocycles. The van der Waals surface area contributed by atoms with Gasteiger partial charge in [0.2, 0.25) is 5.36 Å². The largest absolute Gasteiger partial charge is 0.378 e. The first-order chi connectivity index (χ1) is 11.5. The van der Waals surface area contributed by atoms with Gasteiger partial charge in [0.25, 0.3) is 0 Å². The number of nitrogens with zero attached hydrogens (tertiary/aromatic N) is 2. The van der Waals surface area contributed by atoms with Crippen LogP contribution in [-0.4, -0.2) is 28.2 Å². The van der Waals surface area contributed by atoms with Gasteiger partial charge in [-0.1, -0.05) is 6.07 Å². The molecular formula is C17H19ClN2O4S. The van der Waals surface area contributed by atoms with Crippen LogP contribution < -0.4 is 33.5 Å². The first-order valence-electron chi connectivity index (χ1n) is 7.31. The summed E-state index contributed by atoms with van der Waals surface area (Å²) >= 11 is 1.86. The second kappa shape index (κ2) is 7.65. The molecule has 0 amide bonds. The zero-order valence-corrected chi connectivity index (χ0v) is 15.9. The second-order valence-corrected chi connectivity index (χ2v) is 7.70. The molecule has 0 saturated heterocycles. The highest BCUT2D eigenvalue weighted by Gasteiger charge is 2.08. The maximum Gasteiger partial charge on any atom is 0.200 e. The molecule has 0 fully saturated rings. The zero-order valence-electron chi connectivity index (χ0n) is 14.4. The average molecular weight is 383 g/mol. The van der Waals surface area contributed by atoms with E-state index in [0.717, 1.165) is 0 Å². The molecule has 0 aromatic heterocycles. The molecule has 25 heavy (non-hydrogen) atoms. The van der Waals surface area contributed by atoms with Gasteiger partial charge >= 0.3 is 0 Å². The third-order valence-electron chi connectivity index (χ3n) is 3.56. The Bertz CT molecular complexity index is 909. The number of rotatable bonds is 1. The summed E-state index contributed by atoms with van der Waals surface area (Å²) in [4.78, 5) is 3.48. The van der Waals surface area contributed by atoms with E-state index in [9.17, 15) is 0 Å². The van der Waals surface area contributed by atoms with Gasteiger partial charge in [0.1, 0.15) is 14.1 Å². The molecule has 0 N–H and O–H groups in total. The van der Waals surface area contributed by atoms with Crippen molar-refractivity contribution >= 4 is 27.1 Å². The van der Waals surface area contributed by atoms with Gasteiger partial charge in [-0.05, 0) is 35.2 Å². The van der Waals surface area contributed by atoms with E-state index < -0.39 is 10.2 Å². The molecule has 0 unspecified atom stereocenters. The van der Waals surface area contributed by atoms with Crippen molar-refractivity contribution in [2.75, 3.05) is 33.1 Å². The smallest absolute Gasteiger partial charge is 0.200 e. The lowest BCUT2D eigenvalue weighted by atomic mass is 10.1. The van der Waals surface area contributed by atoms with Crippen LogP contribution in [0.5, 0.6) is 0 Å². The first kappa shape index (κ1) is 19.6. The molecule has 134 valence electrons. The monoisotopic (exact) mass is 382 g/mol. The molecule has 1 aliphatic heterocycles. The third kappa shape index (κ3) is 5.64. The van der Waals surface area contributed by atoms with Gasteiger partial charge in [-0.25, -0.2) is 23.2 Å². The molecule has 1 aromatic carbocycles. The van der Waals surface area contributed by atoms with Crippen LogP contribution in [-0.2, 0) is 0 Å². The topological polar surface area (TPSA) is 98.5 Å². The minimum Gasteiger partial charge on any atom is -0.378 e. The summed E-state index contributed by atoms with van der Waals surface area (Å²) < 4.78 is 37.5. The average Bonchev–Trinajstić information content (AvgIpc) is 2.50. The van der Waals surface area contributed by atoms with Crippen molar-refractivity contribution in [1.29, 1.82) is 0 Å². The summed E-state index contributed by atoms with van der Waals surface area (Å²) in [5.74, 6) is 0. The molecule has 1 aliphatic carbocycles. The SMILES string of the molecule is CN(C)c1ccc2cc3ccc(=[N+](C)C)cc-3sc2c1.[O-][Cl+3]([O-])([O-])[O-]. The van der Waals surface area contributed by atoms with E-state index in [1.54, 1.807) is 0 Å². The van der Waals surface area contributed by atoms with E-state index >= 15 is 0 Å². The summed E-state index contributed by atoms with van der Waals surface area (Å²) in [5, 5.41) is 2.56. The molecule has 0 atom stereocenters. The van der Waals surface area contributed by atoms with Gasteiger partial charge in [0.05, 0.1) is 0 Å². The van der Waals surface area contributed by atoms with Crippen molar-refractivity contribution < 1.29 is 28.9 Å². The van der Waals surface area contributed by atoms with Crippen molar-refractivity contribution in [3.05, 3.63) is 47.8 Å². The first-order valence-corrected chi connectivity index (χ1v) is 9.37. The van der Waals surface area contributed by atoms with Gasteiger partial charge in [-0.3, -0.25) is 0 Å². The molecule has 0 radical (unpaired) electrons. The quantitative estimate of drug-likeness (QED) is 0.371. The third-order valence-corrected chi connectivity index (χ3v) is 4.70. The van der Waals surface area contributed by atoms with Crippen LogP contribution >= 0.6 is 11.3 Å². The Labute approximate surface area is 152 Å². The van der Waals surface area contributed by atoms with Crippen molar-refractivity contribution in [3.8, 4) is 10.4 Å². The Morgan fingerprint density at radius 2 is 1.56 bits per heavy atom. The maximum absolute atomic E-state index is 8.49. The summed E-state index contributed by atoms with van der Waals surface area (Å²) in [5.41, 5.74) is 2.56. The minimum absolute atomic E-state index is 1.25. The normalized spacial score (nSPS) is 11.2. The summed E-state index contributed by atoms with van der Waals surface area (Å²) in [6, 6.07) is 15.6. The van der Waals surface area contributed by atoms with Crippen LogP contribution in [0.1, 0.15) is 0 Å². The van der Waals surface area contributed by atoms with Crippen LogP contribution in [0, 0.1) is 10.2 Å². The summed E-state index contributed by atoms with van der Waals surface area (Å²) in [6.45, 7) is 0. The van der Waals surface area contributed by atoms with E-state index in [2.05, 4.69) is 80.1 Å². The van der Waals surface area contributed by atoms with Gasteiger partial charge < -0.3 is 4.90 Å². The summed E-state index contributed by atoms with van der Waals surface area (Å²) in [6.07, 6.45) is 0. The Morgan fingerprint density at radius 3 is 2.12 bits per heavy atom. The van der Waals surface area contributed by atoms with Crippen LogP contribution in [0.15, 0.2) is 42.5 Å². The van der Waals surface area contributed by atoms with Crippen LogP contribution in [0.4, 0.5) is 5.69 Å². The van der Waals surface area contributed by atoms with Crippen molar-refractivity contribution in [2.24, 2.45) is 0 Å². The van der Waals surface area contributed by atoms with E-state index in [0.29, 0.717) is 0 Å². The molecule has 0 spiro atoms. The van der Waals surface area contributed by atoms with Crippen LogP contribution in [0.25, 0.3) is 20.5 Å². The Balaban J connectivity index is 0.000000399. The fourth-order valence-corrected chi connectivity index (χ4v) is 3.39. The number of hydrogen-bond acceptors (Lipinski definition) is 6. The van der Waals surface area contributed by atoms with Gasteiger partial charge in [0.15, 0.2) is 0 Å². The summed E-state index contributed by atoms with van der Waals surface area (Å²) in [7, 11) is 3.38. The number of fused-ring (bicyclic) bond motifs is 2. The van der Waals surface area contributed by atoms with Crippen molar-refractivity contribution in [3.63, 3.8) is 0 Å². The van der Waals surface area contributed by atoms with Gasteiger partial charge in [-0.2, -0.15) is 0 Å². The maximum atomic E-state index is 8.49. The van der Waals surface area contributed by atoms with E-state index in [1.165, 1.54) is 31.6 Å². The fourth-order valence-electron chi connectivity index (χ4n) is 2.30. The predicted octanol–water partition coefficient (Wildman–Crippen LogP) is -1.65. The molecule has 2 aliphatic rings. The molecule has 0 saturated carbocycles. The molecule has 0 bridgehead atoms. The lowest BCUT2D eigenvalue weighted by molar-refractivity contribution is -2.00. The molecule has 3 rings (SSSR count). The second-order valence-electron chi connectivity index (χ2n) is 5.86. The number of halogens is 1. The molecule has 6 nitrogen and oxygen atoms in total. The van der Waals surface area contributed by atoms with Crippen molar-refractivity contribution in [2.45, 2.75) is 0 Å².